The average Bonchev–Trinajstić information content (AvgIpc) is 2.34. The van der Waals surface area contributed by atoms with Crippen molar-refractivity contribution in [2.75, 3.05) is 19.9 Å². The van der Waals surface area contributed by atoms with E-state index in [4.69, 9.17) is 21.3 Å². The van der Waals surface area contributed by atoms with E-state index in [0.717, 1.165) is 0 Å². The Hall–Kier alpha value is -1.22. The standard InChI is InChI=1S/C6H12N4O4/c7-6(8)10-4(5(12)14-6)9-3-13-2-1-11/h11H,1-3,7-8H2,(H,9,10). The van der Waals surface area contributed by atoms with Gasteiger partial charge in [0.15, 0.2) is 0 Å². The number of hydrogen-bond donors (Lipinski definition) is 4. The number of amidine groups is 1. The van der Waals surface area contributed by atoms with Crippen molar-refractivity contribution in [1.82, 2.24) is 5.32 Å². The summed E-state index contributed by atoms with van der Waals surface area (Å²) in [4.78, 5) is 14.6. The van der Waals surface area contributed by atoms with Crippen LogP contribution in [0.25, 0.3) is 0 Å². The summed E-state index contributed by atoms with van der Waals surface area (Å²) in [5, 5.41) is 10.7. The van der Waals surface area contributed by atoms with E-state index >= 15 is 0 Å². The number of ether oxygens (including phenoxy) is 2. The molecule has 0 aromatic rings. The molecule has 1 aliphatic rings. The summed E-state index contributed by atoms with van der Waals surface area (Å²) in [6.45, 7) is -0.0449. The van der Waals surface area contributed by atoms with Crippen LogP contribution in [0.15, 0.2) is 4.99 Å². The van der Waals surface area contributed by atoms with Crippen LogP contribution in [0.4, 0.5) is 0 Å². The van der Waals surface area contributed by atoms with Crippen LogP contribution in [0.1, 0.15) is 0 Å². The molecular weight excluding hydrogens is 192 g/mol. The molecule has 14 heavy (non-hydrogen) atoms. The number of aliphatic imine (C=N–C) groups is 1. The highest BCUT2D eigenvalue weighted by Gasteiger charge is 2.37. The zero-order valence-corrected chi connectivity index (χ0v) is 7.40. The second kappa shape index (κ2) is 4.33. The Labute approximate surface area is 79.9 Å². The zero-order valence-electron chi connectivity index (χ0n) is 7.40. The van der Waals surface area contributed by atoms with Crippen LogP contribution in [0.3, 0.4) is 0 Å². The zero-order chi connectivity index (χ0) is 10.6. The molecule has 0 aliphatic carbocycles. The van der Waals surface area contributed by atoms with Crippen molar-refractivity contribution < 1.29 is 19.4 Å². The average molecular weight is 204 g/mol. The van der Waals surface area contributed by atoms with Gasteiger partial charge in [-0.1, -0.05) is 0 Å². The first-order valence-corrected chi connectivity index (χ1v) is 3.87. The Morgan fingerprint density at radius 1 is 1.64 bits per heavy atom. The van der Waals surface area contributed by atoms with Crippen LogP contribution in [0.2, 0.25) is 0 Å². The Morgan fingerprint density at radius 3 is 2.86 bits per heavy atom. The Morgan fingerprint density at radius 2 is 2.36 bits per heavy atom. The molecule has 0 bridgehead atoms. The number of aliphatic hydroxyl groups is 1. The van der Waals surface area contributed by atoms with Gasteiger partial charge in [-0.3, -0.25) is 11.5 Å². The van der Waals surface area contributed by atoms with Crippen molar-refractivity contribution >= 4 is 11.8 Å². The number of nitrogens with one attached hydrogen (secondary N) is 1. The Bertz CT molecular complexity index is 252. The summed E-state index contributed by atoms with van der Waals surface area (Å²) < 4.78 is 9.28. The van der Waals surface area contributed by atoms with Gasteiger partial charge in [-0.25, -0.2) is 9.79 Å². The number of nitrogens with two attached hydrogens (primary N) is 2. The smallest absolute Gasteiger partial charge is 0.377 e. The second-order valence-corrected chi connectivity index (χ2v) is 2.58. The van der Waals surface area contributed by atoms with Crippen LogP contribution < -0.4 is 16.8 Å². The van der Waals surface area contributed by atoms with E-state index < -0.39 is 11.9 Å². The van der Waals surface area contributed by atoms with Gasteiger partial charge < -0.3 is 19.9 Å². The van der Waals surface area contributed by atoms with Crippen LogP contribution in [0.5, 0.6) is 0 Å². The summed E-state index contributed by atoms with van der Waals surface area (Å²) in [5.41, 5.74) is 10.5. The van der Waals surface area contributed by atoms with Gasteiger partial charge in [-0.05, 0) is 0 Å². The summed E-state index contributed by atoms with van der Waals surface area (Å²) in [6, 6.07) is 0. The van der Waals surface area contributed by atoms with E-state index in [0.29, 0.717) is 0 Å². The molecule has 1 rings (SSSR count). The predicted octanol–water partition coefficient (Wildman–Crippen LogP) is -2.97. The molecule has 0 amide bonds. The van der Waals surface area contributed by atoms with Gasteiger partial charge in [0.25, 0.3) is 0 Å². The summed E-state index contributed by atoms with van der Waals surface area (Å²) in [7, 11) is 0. The lowest BCUT2D eigenvalue weighted by atomic mass is 10.6. The van der Waals surface area contributed by atoms with E-state index in [1.807, 2.05) is 0 Å². The maximum absolute atomic E-state index is 11.0. The van der Waals surface area contributed by atoms with Crippen molar-refractivity contribution in [3.63, 3.8) is 0 Å². The minimum Gasteiger partial charge on any atom is -0.405 e. The Kier molecular flexibility index (Phi) is 3.36. The molecule has 1 heterocycles. The van der Waals surface area contributed by atoms with Crippen LogP contribution in [0, 0.1) is 0 Å². The molecule has 0 unspecified atom stereocenters. The SMILES string of the molecule is NC1(N)NC(=NCOCCO)C(=O)O1. The first-order valence-electron chi connectivity index (χ1n) is 3.87. The molecule has 0 aromatic heterocycles. The van der Waals surface area contributed by atoms with Crippen molar-refractivity contribution in [2.24, 2.45) is 16.5 Å². The second-order valence-electron chi connectivity index (χ2n) is 2.58. The minimum atomic E-state index is -1.70. The van der Waals surface area contributed by atoms with Crippen molar-refractivity contribution in [3.05, 3.63) is 0 Å². The maximum Gasteiger partial charge on any atom is 0.377 e. The number of esters is 1. The molecule has 1 aliphatic heterocycles. The highest BCUT2D eigenvalue weighted by atomic mass is 16.6. The number of aliphatic hydroxyl groups excluding tert-OH is 1. The molecule has 8 nitrogen and oxygen atoms in total. The van der Waals surface area contributed by atoms with E-state index in [1.54, 1.807) is 0 Å². The van der Waals surface area contributed by atoms with E-state index in [1.165, 1.54) is 0 Å². The third kappa shape index (κ3) is 2.92. The molecule has 6 N–H and O–H groups in total. The fourth-order valence-electron chi connectivity index (χ4n) is 0.807. The Balaban J connectivity index is 2.41. The lowest BCUT2D eigenvalue weighted by Crippen LogP contribution is -2.59. The molecule has 0 radical (unpaired) electrons. The minimum absolute atomic E-state index is 0.0753. The number of carbonyl (C=O) groups excluding carboxylic acids is 1. The quantitative estimate of drug-likeness (QED) is 0.218. The maximum atomic E-state index is 11.0. The normalized spacial score (nSPS) is 22.2. The van der Waals surface area contributed by atoms with Gasteiger partial charge in [-0.2, -0.15) is 0 Å². The number of nitrogens with zero attached hydrogens (tertiary/aromatic N) is 1. The molecule has 1 saturated heterocycles. The van der Waals surface area contributed by atoms with Gasteiger partial charge in [0.05, 0.1) is 13.2 Å². The molecule has 8 heteroatoms. The van der Waals surface area contributed by atoms with E-state index in [9.17, 15) is 4.79 Å². The van der Waals surface area contributed by atoms with Crippen LogP contribution in [-0.2, 0) is 14.3 Å². The summed E-state index contributed by atoms with van der Waals surface area (Å²) in [6.07, 6.45) is 0. The molecule has 0 atom stereocenters. The van der Waals surface area contributed by atoms with Gasteiger partial charge in [-0.15, -0.1) is 0 Å². The number of rotatable bonds is 4. The first-order chi connectivity index (χ1) is 6.55. The predicted molar refractivity (Wildman–Crippen MR) is 45.7 cm³/mol. The van der Waals surface area contributed by atoms with Gasteiger partial charge in [0.2, 0.25) is 5.84 Å². The molecule has 1 fully saturated rings. The fraction of sp³-hybridized carbons (Fsp3) is 0.667. The lowest BCUT2D eigenvalue weighted by Gasteiger charge is -2.14. The number of hydrogen-bond acceptors (Lipinski definition) is 7. The van der Waals surface area contributed by atoms with Gasteiger partial charge in [0, 0.05) is 0 Å². The molecular formula is C6H12N4O4. The molecule has 0 spiro atoms. The fourth-order valence-corrected chi connectivity index (χ4v) is 0.807. The first kappa shape index (κ1) is 10.9. The van der Waals surface area contributed by atoms with Gasteiger partial charge in [0.1, 0.15) is 6.73 Å². The van der Waals surface area contributed by atoms with E-state index in [2.05, 4.69) is 15.0 Å². The van der Waals surface area contributed by atoms with Crippen molar-refractivity contribution in [3.8, 4) is 0 Å². The largest absolute Gasteiger partial charge is 0.405 e. The molecule has 0 saturated carbocycles. The highest BCUT2D eigenvalue weighted by molar-refractivity contribution is 6.37. The monoisotopic (exact) mass is 204 g/mol. The van der Waals surface area contributed by atoms with E-state index in [-0.39, 0.29) is 25.8 Å². The number of cyclic esters (lactones) is 1. The molecule has 0 aromatic carbocycles. The van der Waals surface area contributed by atoms with Gasteiger partial charge >= 0.3 is 11.9 Å². The van der Waals surface area contributed by atoms with Crippen molar-refractivity contribution in [1.29, 1.82) is 0 Å². The van der Waals surface area contributed by atoms with Crippen molar-refractivity contribution in [2.45, 2.75) is 5.97 Å². The van der Waals surface area contributed by atoms with Crippen LogP contribution >= 0.6 is 0 Å². The van der Waals surface area contributed by atoms with Crippen LogP contribution in [-0.4, -0.2) is 42.8 Å². The lowest BCUT2D eigenvalue weighted by molar-refractivity contribution is -0.145. The third-order valence-electron chi connectivity index (χ3n) is 1.32. The topological polar surface area (TPSA) is 132 Å². The highest BCUT2D eigenvalue weighted by Crippen LogP contribution is 2.01. The third-order valence-corrected chi connectivity index (χ3v) is 1.32. The summed E-state index contributed by atoms with van der Waals surface area (Å²) >= 11 is 0. The number of carbonyl (C=O) groups is 1. The molecule has 80 valence electrons. The summed E-state index contributed by atoms with van der Waals surface area (Å²) in [5.74, 6) is -2.53.